The van der Waals surface area contributed by atoms with Crippen molar-refractivity contribution in [2.24, 2.45) is 0 Å². The average molecular weight is 560 g/mol. The molecule has 0 bridgehead atoms. The van der Waals surface area contributed by atoms with Crippen LogP contribution in [0.1, 0.15) is 40.4 Å². The molecule has 0 unspecified atom stereocenters. The Balaban J connectivity index is 1.55. The predicted octanol–water partition coefficient (Wildman–Crippen LogP) is 4.35. The lowest BCUT2D eigenvalue weighted by Crippen LogP contribution is -2.49. The lowest BCUT2D eigenvalue weighted by atomic mass is 9.79. The highest BCUT2D eigenvalue weighted by Crippen LogP contribution is 2.44. The van der Waals surface area contributed by atoms with Crippen LogP contribution in [0, 0.1) is 0 Å². The number of hydrogen-bond acceptors (Lipinski definition) is 7. The first-order valence-corrected chi connectivity index (χ1v) is 14.0. The summed E-state index contributed by atoms with van der Waals surface area (Å²) in [5.74, 6) is 0.859. The van der Waals surface area contributed by atoms with Gasteiger partial charge in [-0.25, -0.2) is 0 Å². The van der Waals surface area contributed by atoms with Crippen molar-refractivity contribution in [1.82, 2.24) is 9.80 Å². The zero-order chi connectivity index (χ0) is 28.8. The molecule has 5 rings (SSSR count). The molecule has 0 aliphatic carbocycles. The molecule has 2 amide bonds. The number of nitrogens with one attached hydrogen (secondary N) is 1. The summed E-state index contributed by atoms with van der Waals surface area (Å²) in [6.07, 6.45) is 0. The maximum Gasteiger partial charge on any atom is 0.254 e. The van der Waals surface area contributed by atoms with Gasteiger partial charge in [-0.1, -0.05) is 30.3 Å². The molecule has 1 N–H and O–H groups in total. The minimum Gasteiger partial charge on any atom is -0.497 e. The average Bonchev–Trinajstić information content (AvgIpc) is 3.01. The molecule has 9 nitrogen and oxygen atoms in total. The van der Waals surface area contributed by atoms with Crippen molar-refractivity contribution in [2.45, 2.75) is 18.9 Å². The Morgan fingerprint density at radius 3 is 2.39 bits per heavy atom. The van der Waals surface area contributed by atoms with Crippen molar-refractivity contribution < 1.29 is 28.5 Å². The zero-order valence-electron chi connectivity index (χ0n) is 23.8. The second kappa shape index (κ2) is 13.1. The first kappa shape index (κ1) is 28.4. The fourth-order valence-corrected chi connectivity index (χ4v) is 5.61. The van der Waals surface area contributed by atoms with E-state index in [0.29, 0.717) is 61.2 Å². The standard InChI is InChI=1S/C32H37N3O6/c1-4-41-23-11-9-22(10-12-23)30-29(31(36)33-27-14-13-24(38-2)21-28(27)39-3)25-7-5-6-8-26(25)32(37)35(30)16-15-34-17-19-40-20-18-34/h5-14,21,29-30H,4,15-20H2,1-3H3,(H,33,36)/t29-,30+/m0/s1. The topological polar surface area (TPSA) is 89.6 Å². The number of carbonyl (C=O) groups is 2. The molecule has 2 aliphatic heterocycles. The Kier molecular flexibility index (Phi) is 9.06. The second-order valence-corrected chi connectivity index (χ2v) is 10.0. The number of methoxy groups -OCH3 is 2. The number of morpholine rings is 1. The van der Waals surface area contributed by atoms with Crippen LogP contribution in [-0.4, -0.2) is 81.8 Å². The van der Waals surface area contributed by atoms with Crippen molar-refractivity contribution >= 4 is 17.5 Å². The molecular formula is C32H37N3O6. The number of anilines is 1. The molecular weight excluding hydrogens is 522 g/mol. The van der Waals surface area contributed by atoms with Gasteiger partial charge in [0.1, 0.15) is 17.2 Å². The fourth-order valence-electron chi connectivity index (χ4n) is 5.61. The van der Waals surface area contributed by atoms with Gasteiger partial charge >= 0.3 is 0 Å². The molecule has 3 aromatic rings. The summed E-state index contributed by atoms with van der Waals surface area (Å²) in [6.45, 7) is 6.62. The molecule has 41 heavy (non-hydrogen) atoms. The van der Waals surface area contributed by atoms with E-state index >= 15 is 0 Å². The van der Waals surface area contributed by atoms with Gasteiger partial charge in [0, 0.05) is 37.8 Å². The molecule has 2 aliphatic rings. The van der Waals surface area contributed by atoms with Crippen LogP contribution in [0.2, 0.25) is 0 Å². The van der Waals surface area contributed by atoms with Gasteiger partial charge in [-0.05, 0) is 48.4 Å². The van der Waals surface area contributed by atoms with Gasteiger partial charge in [-0.15, -0.1) is 0 Å². The zero-order valence-corrected chi connectivity index (χ0v) is 23.8. The quantitative estimate of drug-likeness (QED) is 0.395. The van der Waals surface area contributed by atoms with Gasteiger partial charge in [-0.3, -0.25) is 14.5 Å². The molecule has 1 fully saturated rings. The van der Waals surface area contributed by atoms with E-state index < -0.39 is 12.0 Å². The molecule has 9 heteroatoms. The van der Waals surface area contributed by atoms with Gasteiger partial charge in [-0.2, -0.15) is 0 Å². The highest BCUT2D eigenvalue weighted by Gasteiger charge is 2.44. The van der Waals surface area contributed by atoms with Gasteiger partial charge in [0.2, 0.25) is 5.91 Å². The highest BCUT2D eigenvalue weighted by molar-refractivity contribution is 6.04. The van der Waals surface area contributed by atoms with E-state index in [0.717, 1.165) is 24.4 Å². The van der Waals surface area contributed by atoms with Crippen molar-refractivity contribution in [3.63, 3.8) is 0 Å². The van der Waals surface area contributed by atoms with E-state index in [1.165, 1.54) is 0 Å². The monoisotopic (exact) mass is 559 g/mol. The Hall–Kier alpha value is -4.08. The molecule has 0 aromatic heterocycles. The van der Waals surface area contributed by atoms with Gasteiger partial charge in [0.25, 0.3) is 5.91 Å². The summed E-state index contributed by atoms with van der Waals surface area (Å²) < 4.78 is 22.1. The summed E-state index contributed by atoms with van der Waals surface area (Å²) in [5.41, 5.74) is 2.63. The van der Waals surface area contributed by atoms with Crippen LogP contribution < -0.4 is 19.5 Å². The number of ether oxygens (including phenoxy) is 4. The van der Waals surface area contributed by atoms with Crippen LogP contribution >= 0.6 is 0 Å². The number of fused-ring (bicyclic) bond motifs is 1. The first-order valence-electron chi connectivity index (χ1n) is 14.0. The Bertz CT molecular complexity index is 1360. The fraction of sp³-hybridized carbons (Fsp3) is 0.375. The van der Waals surface area contributed by atoms with Crippen LogP contribution in [-0.2, 0) is 9.53 Å². The molecule has 216 valence electrons. The number of hydrogen-bond donors (Lipinski definition) is 1. The molecule has 0 spiro atoms. The summed E-state index contributed by atoms with van der Waals surface area (Å²) in [4.78, 5) is 32.5. The first-order chi connectivity index (χ1) is 20.0. The van der Waals surface area contributed by atoms with Crippen LogP contribution in [0.15, 0.2) is 66.7 Å². The molecule has 1 saturated heterocycles. The van der Waals surface area contributed by atoms with Gasteiger partial charge < -0.3 is 29.2 Å². The van der Waals surface area contributed by atoms with E-state index in [1.807, 2.05) is 60.4 Å². The third-order valence-corrected chi connectivity index (χ3v) is 7.68. The van der Waals surface area contributed by atoms with E-state index in [9.17, 15) is 9.59 Å². The molecule has 0 saturated carbocycles. The van der Waals surface area contributed by atoms with Gasteiger partial charge in [0.05, 0.1) is 51.7 Å². The summed E-state index contributed by atoms with van der Waals surface area (Å²) >= 11 is 0. The van der Waals surface area contributed by atoms with E-state index in [-0.39, 0.29) is 11.8 Å². The Morgan fingerprint density at radius 1 is 0.951 bits per heavy atom. The lowest BCUT2D eigenvalue weighted by Gasteiger charge is -2.43. The van der Waals surface area contributed by atoms with Crippen LogP contribution in [0.5, 0.6) is 17.2 Å². The van der Waals surface area contributed by atoms with Crippen molar-refractivity contribution in [3.05, 3.63) is 83.4 Å². The molecule has 3 aromatic carbocycles. The second-order valence-electron chi connectivity index (χ2n) is 10.0. The van der Waals surface area contributed by atoms with E-state index in [4.69, 9.17) is 18.9 Å². The largest absolute Gasteiger partial charge is 0.497 e. The Morgan fingerprint density at radius 2 is 1.68 bits per heavy atom. The van der Waals surface area contributed by atoms with Crippen LogP contribution in [0.4, 0.5) is 5.69 Å². The van der Waals surface area contributed by atoms with Crippen molar-refractivity contribution in [2.75, 3.05) is 65.5 Å². The highest BCUT2D eigenvalue weighted by atomic mass is 16.5. The van der Waals surface area contributed by atoms with Crippen molar-refractivity contribution in [3.8, 4) is 17.2 Å². The molecule has 0 radical (unpaired) electrons. The van der Waals surface area contributed by atoms with E-state index in [1.54, 1.807) is 32.4 Å². The number of nitrogens with zero attached hydrogens (tertiary/aromatic N) is 2. The number of rotatable bonds is 10. The SMILES string of the molecule is CCOc1ccc([C@@H]2[C@@H](C(=O)Nc3ccc(OC)cc3OC)c3ccccc3C(=O)N2CCN2CCOCC2)cc1. The lowest BCUT2D eigenvalue weighted by molar-refractivity contribution is -0.119. The minimum atomic E-state index is -0.668. The Labute approximate surface area is 240 Å². The van der Waals surface area contributed by atoms with E-state index in [2.05, 4.69) is 10.2 Å². The third-order valence-electron chi connectivity index (χ3n) is 7.68. The maximum absolute atomic E-state index is 14.3. The molecule has 2 heterocycles. The maximum atomic E-state index is 14.3. The summed E-state index contributed by atoms with van der Waals surface area (Å²) in [6, 6.07) is 19.8. The number of amides is 2. The summed E-state index contributed by atoms with van der Waals surface area (Å²) in [7, 11) is 3.13. The normalized spacial score (nSPS) is 18.9. The smallest absolute Gasteiger partial charge is 0.254 e. The third kappa shape index (κ3) is 6.16. The predicted molar refractivity (Wildman–Crippen MR) is 156 cm³/mol. The van der Waals surface area contributed by atoms with Crippen molar-refractivity contribution in [1.29, 1.82) is 0 Å². The van der Waals surface area contributed by atoms with Crippen LogP contribution in [0.25, 0.3) is 0 Å². The van der Waals surface area contributed by atoms with Crippen LogP contribution in [0.3, 0.4) is 0 Å². The van der Waals surface area contributed by atoms with Gasteiger partial charge in [0.15, 0.2) is 0 Å². The minimum absolute atomic E-state index is 0.0844. The molecule has 2 atom stereocenters. The number of carbonyl (C=O) groups excluding carboxylic acids is 2. The summed E-state index contributed by atoms with van der Waals surface area (Å²) in [5, 5.41) is 3.09. The number of benzene rings is 3.